The first-order valence-corrected chi connectivity index (χ1v) is 6.04. The average molecular weight is 267 g/mol. The third kappa shape index (κ3) is 3.24. The lowest BCUT2D eigenvalue weighted by atomic mass is 10.1. The molecule has 0 atom stereocenters. The Morgan fingerprint density at radius 2 is 2.20 bits per heavy atom. The lowest BCUT2D eigenvalue weighted by Crippen LogP contribution is -2.19. The zero-order valence-electron chi connectivity index (χ0n) is 9.13. The van der Waals surface area contributed by atoms with Gasteiger partial charge < -0.3 is 4.90 Å². The molecule has 0 heterocycles. The molecule has 0 saturated heterocycles. The minimum absolute atomic E-state index is 0.562. The van der Waals surface area contributed by atoms with Crippen LogP contribution in [0, 0.1) is 18.3 Å². The van der Waals surface area contributed by atoms with Crippen LogP contribution in [-0.4, -0.2) is 13.6 Å². The van der Waals surface area contributed by atoms with Crippen molar-refractivity contribution in [3.05, 3.63) is 29.3 Å². The van der Waals surface area contributed by atoms with Gasteiger partial charge in [-0.25, -0.2) is 0 Å². The zero-order valence-corrected chi connectivity index (χ0v) is 10.7. The fourth-order valence-corrected chi connectivity index (χ4v) is 1.98. The van der Waals surface area contributed by atoms with Gasteiger partial charge in [-0.3, -0.25) is 0 Å². The number of halogens is 1. The Kier molecular flexibility index (Phi) is 4.64. The van der Waals surface area contributed by atoms with Crippen LogP contribution in [0.5, 0.6) is 0 Å². The highest BCUT2D eigenvalue weighted by molar-refractivity contribution is 9.08. The fraction of sp³-hybridized carbons (Fsp3) is 0.417. The quantitative estimate of drug-likeness (QED) is 0.783. The first-order chi connectivity index (χ1) is 7.19. The maximum atomic E-state index is 8.55. The third-order valence-corrected chi connectivity index (χ3v) is 2.95. The Bertz CT molecular complexity index is 368. The Morgan fingerprint density at radius 1 is 1.47 bits per heavy atom. The summed E-state index contributed by atoms with van der Waals surface area (Å²) in [7, 11) is 2.02. The number of benzene rings is 1. The second-order valence-electron chi connectivity index (χ2n) is 3.60. The smallest absolute Gasteiger partial charge is 0.0640 e. The predicted octanol–water partition coefficient (Wildman–Crippen LogP) is 3.24. The van der Waals surface area contributed by atoms with Gasteiger partial charge in [-0.15, -0.1) is 0 Å². The van der Waals surface area contributed by atoms with Crippen molar-refractivity contribution in [2.45, 2.75) is 18.7 Å². The van der Waals surface area contributed by atoms with Gasteiger partial charge >= 0.3 is 0 Å². The number of nitrogens with zero attached hydrogens (tertiary/aromatic N) is 2. The highest BCUT2D eigenvalue weighted by Crippen LogP contribution is 2.23. The topological polar surface area (TPSA) is 27.0 Å². The number of nitriles is 1. The van der Waals surface area contributed by atoms with Gasteiger partial charge in [-0.05, 0) is 18.6 Å². The summed E-state index contributed by atoms with van der Waals surface area (Å²) in [6.07, 6.45) is 0.562. The van der Waals surface area contributed by atoms with Crippen molar-refractivity contribution in [2.24, 2.45) is 0 Å². The standard InChI is InChI=1S/C12H15BrN2/c1-10-4-5-12(11(8-10)9-13)15(2)7-3-6-14/h4-5,8H,3,7,9H2,1-2H3. The minimum Gasteiger partial charge on any atom is -0.373 e. The SMILES string of the molecule is Cc1ccc(N(C)CCC#N)c(CBr)c1. The van der Waals surface area contributed by atoms with Gasteiger partial charge in [0.2, 0.25) is 0 Å². The number of hydrogen-bond donors (Lipinski definition) is 0. The van der Waals surface area contributed by atoms with E-state index >= 15 is 0 Å². The first kappa shape index (κ1) is 12.1. The first-order valence-electron chi connectivity index (χ1n) is 4.92. The van der Waals surface area contributed by atoms with Crippen molar-refractivity contribution >= 4 is 21.6 Å². The summed E-state index contributed by atoms with van der Waals surface area (Å²) in [4.78, 5) is 2.12. The Labute approximate surface area is 99.6 Å². The molecule has 0 aliphatic heterocycles. The molecule has 2 nitrogen and oxygen atoms in total. The number of rotatable bonds is 4. The number of anilines is 1. The molecule has 0 amide bonds. The van der Waals surface area contributed by atoms with E-state index in [-0.39, 0.29) is 0 Å². The summed E-state index contributed by atoms with van der Waals surface area (Å²) in [5.74, 6) is 0. The molecule has 0 spiro atoms. The van der Waals surface area contributed by atoms with E-state index in [1.807, 2.05) is 7.05 Å². The molecule has 0 saturated carbocycles. The van der Waals surface area contributed by atoms with Crippen molar-refractivity contribution < 1.29 is 0 Å². The molecule has 0 aliphatic carbocycles. The summed E-state index contributed by atoms with van der Waals surface area (Å²) >= 11 is 3.49. The highest BCUT2D eigenvalue weighted by Gasteiger charge is 2.06. The zero-order chi connectivity index (χ0) is 11.3. The van der Waals surface area contributed by atoms with Crippen molar-refractivity contribution in [3.8, 4) is 6.07 Å². The summed E-state index contributed by atoms with van der Waals surface area (Å²) in [5, 5.41) is 9.39. The van der Waals surface area contributed by atoms with Gasteiger partial charge in [0.1, 0.15) is 0 Å². The van der Waals surface area contributed by atoms with Crippen LogP contribution in [-0.2, 0) is 5.33 Å². The predicted molar refractivity (Wildman–Crippen MR) is 67.3 cm³/mol. The fourth-order valence-electron chi connectivity index (χ4n) is 1.53. The van der Waals surface area contributed by atoms with Gasteiger partial charge in [0.25, 0.3) is 0 Å². The van der Waals surface area contributed by atoms with Crippen molar-refractivity contribution in [2.75, 3.05) is 18.5 Å². The molecular formula is C12H15BrN2. The molecule has 0 radical (unpaired) electrons. The summed E-state index contributed by atoms with van der Waals surface area (Å²) in [6, 6.07) is 8.55. The monoisotopic (exact) mass is 266 g/mol. The number of hydrogen-bond acceptors (Lipinski definition) is 2. The molecule has 1 rings (SSSR count). The second kappa shape index (κ2) is 5.77. The van der Waals surface area contributed by atoms with Crippen LogP contribution in [0.2, 0.25) is 0 Å². The van der Waals surface area contributed by atoms with E-state index in [0.717, 1.165) is 11.9 Å². The van der Waals surface area contributed by atoms with Crippen LogP contribution in [0.1, 0.15) is 17.5 Å². The molecule has 15 heavy (non-hydrogen) atoms. The van der Waals surface area contributed by atoms with Crippen molar-refractivity contribution in [3.63, 3.8) is 0 Å². The second-order valence-corrected chi connectivity index (χ2v) is 4.16. The molecule has 0 aromatic heterocycles. The summed E-state index contributed by atoms with van der Waals surface area (Å²) in [5.41, 5.74) is 3.74. The Hall–Kier alpha value is -1.01. The van der Waals surface area contributed by atoms with E-state index in [1.54, 1.807) is 0 Å². The maximum Gasteiger partial charge on any atom is 0.0640 e. The molecule has 1 aromatic rings. The van der Waals surface area contributed by atoms with Crippen molar-refractivity contribution in [1.82, 2.24) is 0 Å². The van der Waals surface area contributed by atoms with Crippen LogP contribution < -0.4 is 4.90 Å². The number of alkyl halides is 1. The van der Waals surface area contributed by atoms with E-state index in [4.69, 9.17) is 5.26 Å². The third-order valence-electron chi connectivity index (χ3n) is 2.35. The van der Waals surface area contributed by atoms with Gasteiger partial charge in [0.15, 0.2) is 0 Å². The summed E-state index contributed by atoms with van der Waals surface area (Å²) in [6.45, 7) is 2.87. The summed E-state index contributed by atoms with van der Waals surface area (Å²) < 4.78 is 0. The van der Waals surface area contributed by atoms with E-state index in [2.05, 4.69) is 52.0 Å². The van der Waals surface area contributed by atoms with Crippen LogP contribution in [0.25, 0.3) is 0 Å². The number of aryl methyl sites for hydroxylation is 1. The van der Waals surface area contributed by atoms with Gasteiger partial charge in [0, 0.05) is 24.6 Å². The highest BCUT2D eigenvalue weighted by atomic mass is 79.9. The molecule has 1 aromatic carbocycles. The van der Waals surface area contributed by atoms with E-state index in [0.29, 0.717) is 6.42 Å². The molecule has 0 unspecified atom stereocenters. The normalized spacial score (nSPS) is 9.73. The Balaban J connectivity index is 2.88. The molecule has 3 heteroatoms. The minimum atomic E-state index is 0.562. The van der Waals surface area contributed by atoms with Crippen LogP contribution in [0.3, 0.4) is 0 Å². The van der Waals surface area contributed by atoms with E-state index < -0.39 is 0 Å². The Morgan fingerprint density at radius 3 is 2.80 bits per heavy atom. The molecule has 0 bridgehead atoms. The van der Waals surface area contributed by atoms with Crippen LogP contribution in [0.15, 0.2) is 18.2 Å². The van der Waals surface area contributed by atoms with E-state index in [9.17, 15) is 0 Å². The van der Waals surface area contributed by atoms with Gasteiger partial charge in [-0.2, -0.15) is 5.26 Å². The van der Waals surface area contributed by atoms with Gasteiger partial charge in [0.05, 0.1) is 12.5 Å². The lowest BCUT2D eigenvalue weighted by molar-refractivity contribution is 0.900. The van der Waals surface area contributed by atoms with Crippen LogP contribution in [0.4, 0.5) is 5.69 Å². The molecule has 80 valence electrons. The average Bonchev–Trinajstić information content (AvgIpc) is 2.25. The molecular weight excluding hydrogens is 252 g/mol. The van der Waals surface area contributed by atoms with Crippen LogP contribution >= 0.6 is 15.9 Å². The lowest BCUT2D eigenvalue weighted by Gasteiger charge is -2.21. The molecule has 0 aliphatic rings. The maximum absolute atomic E-state index is 8.55. The largest absolute Gasteiger partial charge is 0.373 e. The molecule has 0 N–H and O–H groups in total. The van der Waals surface area contributed by atoms with Gasteiger partial charge in [-0.1, -0.05) is 33.6 Å². The molecule has 0 fully saturated rings. The van der Waals surface area contributed by atoms with Crippen molar-refractivity contribution in [1.29, 1.82) is 5.26 Å². The van der Waals surface area contributed by atoms with E-state index in [1.165, 1.54) is 16.8 Å².